The Morgan fingerprint density at radius 2 is 1.90 bits per heavy atom. The van der Waals surface area contributed by atoms with Gasteiger partial charge in [0.2, 0.25) is 5.88 Å². The van der Waals surface area contributed by atoms with Crippen LogP contribution in [0.15, 0.2) is 47.0 Å². The smallest absolute Gasteiger partial charge is 0.230 e. The van der Waals surface area contributed by atoms with Gasteiger partial charge in [0.25, 0.3) is 0 Å². The second-order valence-corrected chi connectivity index (χ2v) is 5.10. The van der Waals surface area contributed by atoms with Crippen LogP contribution in [0, 0.1) is 19.7 Å². The van der Waals surface area contributed by atoms with Crippen LogP contribution < -0.4 is 5.73 Å². The molecule has 3 nitrogen and oxygen atoms in total. The molecule has 0 spiro atoms. The zero-order valence-corrected chi connectivity index (χ0v) is 11.9. The van der Waals surface area contributed by atoms with Crippen LogP contribution in [0.1, 0.15) is 11.1 Å². The molecular weight excluding hydrogens is 267 g/mol. The summed E-state index contributed by atoms with van der Waals surface area (Å²) in [5, 5.41) is 4.07. The first kappa shape index (κ1) is 13.4. The van der Waals surface area contributed by atoms with E-state index in [1.54, 1.807) is 12.1 Å². The minimum absolute atomic E-state index is 0.191. The number of aryl methyl sites for hydroxylation is 2. The summed E-state index contributed by atoms with van der Waals surface area (Å²) >= 11 is 0. The van der Waals surface area contributed by atoms with Gasteiger partial charge in [-0.05, 0) is 43.2 Å². The number of nitrogens with zero attached hydrogens (tertiary/aromatic N) is 1. The Kier molecular flexibility index (Phi) is 3.22. The number of hydrogen-bond donors (Lipinski definition) is 1. The first-order valence-electron chi connectivity index (χ1n) is 6.65. The summed E-state index contributed by atoms with van der Waals surface area (Å²) in [6, 6.07) is 12.3. The Bertz CT molecular complexity index is 808. The quantitative estimate of drug-likeness (QED) is 0.760. The van der Waals surface area contributed by atoms with Crippen molar-refractivity contribution in [3.63, 3.8) is 0 Å². The zero-order valence-electron chi connectivity index (χ0n) is 11.9. The van der Waals surface area contributed by atoms with E-state index in [-0.39, 0.29) is 11.7 Å². The molecule has 0 aliphatic heterocycles. The normalized spacial score (nSPS) is 10.8. The number of halogens is 1. The summed E-state index contributed by atoms with van der Waals surface area (Å²) in [6.07, 6.45) is 0. The third kappa shape index (κ3) is 2.40. The molecule has 0 saturated carbocycles. The van der Waals surface area contributed by atoms with Gasteiger partial charge in [0.1, 0.15) is 11.5 Å². The van der Waals surface area contributed by atoms with Gasteiger partial charge in [-0.2, -0.15) is 0 Å². The van der Waals surface area contributed by atoms with E-state index in [2.05, 4.69) is 5.16 Å². The van der Waals surface area contributed by atoms with Crippen LogP contribution in [0.4, 0.5) is 10.3 Å². The molecule has 0 aliphatic rings. The van der Waals surface area contributed by atoms with Crippen LogP contribution in [0.3, 0.4) is 0 Å². The van der Waals surface area contributed by atoms with E-state index in [1.165, 1.54) is 12.1 Å². The van der Waals surface area contributed by atoms with Gasteiger partial charge in [0, 0.05) is 5.56 Å². The lowest BCUT2D eigenvalue weighted by Crippen LogP contribution is -1.91. The van der Waals surface area contributed by atoms with E-state index in [1.807, 2.05) is 32.0 Å². The van der Waals surface area contributed by atoms with Crippen LogP contribution in [0.5, 0.6) is 0 Å². The second kappa shape index (κ2) is 5.05. The molecular formula is C17H15FN2O. The summed E-state index contributed by atoms with van der Waals surface area (Å²) < 4.78 is 18.6. The van der Waals surface area contributed by atoms with E-state index < -0.39 is 0 Å². The molecule has 0 bridgehead atoms. The van der Waals surface area contributed by atoms with Gasteiger partial charge < -0.3 is 10.3 Å². The SMILES string of the molecule is Cc1ccc(C)c(-c2noc(N)c2-c2cccc(F)c2)c1. The lowest BCUT2D eigenvalue weighted by Gasteiger charge is -2.07. The number of aromatic nitrogens is 1. The third-order valence-electron chi connectivity index (χ3n) is 3.48. The van der Waals surface area contributed by atoms with E-state index in [0.717, 1.165) is 16.7 Å². The molecule has 1 heterocycles. The van der Waals surface area contributed by atoms with E-state index >= 15 is 0 Å². The van der Waals surface area contributed by atoms with E-state index in [9.17, 15) is 4.39 Å². The molecule has 0 fully saturated rings. The highest BCUT2D eigenvalue weighted by molar-refractivity contribution is 5.87. The van der Waals surface area contributed by atoms with Crippen LogP contribution in [-0.2, 0) is 0 Å². The van der Waals surface area contributed by atoms with Crippen LogP contribution in [0.25, 0.3) is 22.4 Å². The molecule has 0 saturated heterocycles. The molecule has 0 radical (unpaired) electrons. The molecule has 1 aromatic heterocycles. The molecule has 2 aromatic carbocycles. The van der Waals surface area contributed by atoms with Crippen LogP contribution >= 0.6 is 0 Å². The van der Waals surface area contributed by atoms with Crippen molar-refractivity contribution >= 4 is 5.88 Å². The van der Waals surface area contributed by atoms with E-state index in [4.69, 9.17) is 10.3 Å². The number of benzene rings is 2. The number of hydrogen-bond acceptors (Lipinski definition) is 3. The number of anilines is 1. The van der Waals surface area contributed by atoms with Gasteiger partial charge in [-0.3, -0.25) is 0 Å². The first-order chi connectivity index (χ1) is 10.1. The Hall–Kier alpha value is -2.62. The molecule has 0 amide bonds. The fourth-order valence-electron chi connectivity index (χ4n) is 2.40. The second-order valence-electron chi connectivity index (χ2n) is 5.10. The van der Waals surface area contributed by atoms with Crippen LogP contribution in [0.2, 0.25) is 0 Å². The number of rotatable bonds is 2. The molecule has 0 unspecified atom stereocenters. The van der Waals surface area contributed by atoms with Crippen molar-refractivity contribution in [3.05, 3.63) is 59.4 Å². The molecule has 3 aromatic rings. The Morgan fingerprint density at radius 1 is 1.10 bits per heavy atom. The topological polar surface area (TPSA) is 52.0 Å². The minimum Gasteiger partial charge on any atom is -0.367 e. The Balaban J connectivity index is 2.24. The Labute approximate surface area is 122 Å². The Morgan fingerprint density at radius 3 is 2.67 bits per heavy atom. The number of nitrogen functional groups attached to an aromatic ring is 1. The predicted molar refractivity (Wildman–Crippen MR) is 81.2 cm³/mol. The van der Waals surface area contributed by atoms with Gasteiger partial charge in [0.05, 0.1) is 5.56 Å². The average molecular weight is 282 g/mol. The summed E-state index contributed by atoms with van der Waals surface area (Å²) in [7, 11) is 0. The van der Waals surface area contributed by atoms with Crippen molar-refractivity contribution < 1.29 is 8.91 Å². The molecule has 106 valence electrons. The van der Waals surface area contributed by atoms with Gasteiger partial charge in [-0.25, -0.2) is 4.39 Å². The maximum atomic E-state index is 13.5. The van der Waals surface area contributed by atoms with Crippen molar-refractivity contribution in [2.45, 2.75) is 13.8 Å². The fourth-order valence-corrected chi connectivity index (χ4v) is 2.40. The molecule has 0 atom stereocenters. The van der Waals surface area contributed by atoms with Crippen molar-refractivity contribution in [3.8, 4) is 22.4 Å². The lowest BCUT2D eigenvalue weighted by atomic mass is 9.96. The highest BCUT2D eigenvalue weighted by Gasteiger charge is 2.19. The highest BCUT2D eigenvalue weighted by Crippen LogP contribution is 2.37. The maximum absolute atomic E-state index is 13.5. The summed E-state index contributed by atoms with van der Waals surface area (Å²) in [5.74, 6) is -0.128. The lowest BCUT2D eigenvalue weighted by molar-refractivity contribution is 0.439. The van der Waals surface area contributed by atoms with Crippen molar-refractivity contribution in [2.24, 2.45) is 0 Å². The highest BCUT2D eigenvalue weighted by atomic mass is 19.1. The van der Waals surface area contributed by atoms with Crippen molar-refractivity contribution in [1.29, 1.82) is 0 Å². The predicted octanol–water partition coefficient (Wildman–Crippen LogP) is 4.35. The molecule has 21 heavy (non-hydrogen) atoms. The zero-order chi connectivity index (χ0) is 15.0. The summed E-state index contributed by atoms with van der Waals surface area (Å²) in [6.45, 7) is 4.00. The molecule has 3 rings (SSSR count). The van der Waals surface area contributed by atoms with Crippen molar-refractivity contribution in [2.75, 3.05) is 5.73 Å². The van der Waals surface area contributed by atoms with E-state index in [0.29, 0.717) is 16.8 Å². The maximum Gasteiger partial charge on any atom is 0.230 e. The van der Waals surface area contributed by atoms with Crippen LogP contribution in [-0.4, -0.2) is 5.16 Å². The monoisotopic (exact) mass is 282 g/mol. The molecule has 0 aliphatic carbocycles. The summed E-state index contributed by atoms with van der Waals surface area (Å²) in [5.41, 5.74) is 10.9. The molecule has 2 N–H and O–H groups in total. The summed E-state index contributed by atoms with van der Waals surface area (Å²) in [4.78, 5) is 0. The standard InChI is InChI=1S/C17H15FN2O/c1-10-6-7-11(2)14(8-10)16-15(17(19)21-20-16)12-4-3-5-13(18)9-12/h3-9H,19H2,1-2H3. The largest absolute Gasteiger partial charge is 0.367 e. The minimum atomic E-state index is -0.319. The van der Waals surface area contributed by atoms with Gasteiger partial charge in [-0.15, -0.1) is 0 Å². The van der Waals surface area contributed by atoms with Gasteiger partial charge >= 0.3 is 0 Å². The number of nitrogens with two attached hydrogens (primary N) is 1. The fraction of sp³-hybridized carbons (Fsp3) is 0.118. The third-order valence-corrected chi connectivity index (χ3v) is 3.48. The first-order valence-corrected chi connectivity index (χ1v) is 6.65. The van der Waals surface area contributed by atoms with Gasteiger partial charge in [-0.1, -0.05) is 35.0 Å². The van der Waals surface area contributed by atoms with Gasteiger partial charge in [0.15, 0.2) is 0 Å². The molecule has 4 heteroatoms. The van der Waals surface area contributed by atoms with Crippen molar-refractivity contribution in [1.82, 2.24) is 5.16 Å². The average Bonchev–Trinajstić information content (AvgIpc) is 2.83.